The van der Waals surface area contributed by atoms with Gasteiger partial charge in [-0.15, -0.1) is 0 Å². The Hall–Kier alpha value is -2.44. The van der Waals surface area contributed by atoms with Gasteiger partial charge in [-0.1, -0.05) is 43.6 Å². The van der Waals surface area contributed by atoms with Crippen LogP contribution in [0.2, 0.25) is 5.02 Å². The number of likely N-dealkylation sites (tertiary alicyclic amines) is 1. The third-order valence-electron chi connectivity index (χ3n) is 5.42. The fourth-order valence-electron chi connectivity index (χ4n) is 3.74. The Morgan fingerprint density at radius 3 is 2.71 bits per heavy atom. The fourth-order valence-corrected chi connectivity index (χ4v) is 3.96. The molecule has 1 aliphatic heterocycles. The number of hydrogen-bond donors (Lipinski definition) is 2. The minimum absolute atomic E-state index is 0.131. The summed E-state index contributed by atoms with van der Waals surface area (Å²) in [6, 6.07) is 11.7. The molecule has 1 atom stereocenters. The van der Waals surface area contributed by atoms with Crippen LogP contribution in [-0.4, -0.2) is 36.3 Å². The highest BCUT2D eigenvalue weighted by Crippen LogP contribution is 2.25. The lowest BCUT2D eigenvalue weighted by Gasteiger charge is -2.32. The van der Waals surface area contributed by atoms with Crippen LogP contribution in [0.25, 0.3) is 0 Å². The van der Waals surface area contributed by atoms with Gasteiger partial charge in [-0.3, -0.25) is 14.5 Å². The standard InChI is InChI=1S/C24H29ClFN3O2/c1-16(2)13-27-24(31)18-8-3-4-11-22(18)28-23(30)17-7-6-12-29(14-17)15-19-20(25)9-5-10-21(19)26/h3-5,8-11,16-17H,6-7,12-15H2,1-2H3,(H,27,31)(H,28,30). The Balaban J connectivity index is 1.65. The van der Waals surface area contributed by atoms with Crippen LogP contribution in [0.3, 0.4) is 0 Å². The summed E-state index contributed by atoms with van der Waals surface area (Å²) in [5.41, 5.74) is 1.41. The first-order valence-electron chi connectivity index (χ1n) is 10.7. The molecular weight excluding hydrogens is 417 g/mol. The number of benzene rings is 2. The molecule has 0 aromatic heterocycles. The van der Waals surface area contributed by atoms with Crippen molar-refractivity contribution in [1.82, 2.24) is 10.2 Å². The first-order chi connectivity index (χ1) is 14.8. The van der Waals surface area contributed by atoms with E-state index in [2.05, 4.69) is 15.5 Å². The summed E-state index contributed by atoms with van der Waals surface area (Å²) >= 11 is 6.16. The largest absolute Gasteiger partial charge is 0.352 e. The number of carbonyl (C=O) groups excluding carboxylic acids is 2. The van der Waals surface area contributed by atoms with Gasteiger partial charge in [0.25, 0.3) is 5.91 Å². The molecule has 2 N–H and O–H groups in total. The number of piperidine rings is 1. The summed E-state index contributed by atoms with van der Waals surface area (Å²) in [5.74, 6) is -0.578. The van der Waals surface area contributed by atoms with E-state index in [1.54, 1.807) is 36.4 Å². The van der Waals surface area contributed by atoms with Crippen LogP contribution in [0.1, 0.15) is 42.6 Å². The van der Waals surface area contributed by atoms with E-state index in [1.165, 1.54) is 6.07 Å². The molecule has 3 rings (SSSR count). The molecule has 0 spiro atoms. The number of anilines is 1. The molecule has 2 amide bonds. The molecule has 1 heterocycles. The molecule has 1 aliphatic rings. The number of amides is 2. The Morgan fingerprint density at radius 1 is 1.19 bits per heavy atom. The quantitative estimate of drug-likeness (QED) is 0.648. The van der Waals surface area contributed by atoms with E-state index in [1.807, 2.05) is 13.8 Å². The molecule has 0 saturated carbocycles. The predicted octanol–water partition coefficient (Wildman–Crippen LogP) is 4.72. The lowest BCUT2D eigenvalue weighted by atomic mass is 9.96. The normalized spacial score (nSPS) is 16.9. The summed E-state index contributed by atoms with van der Waals surface area (Å²) in [6.07, 6.45) is 1.58. The molecule has 31 heavy (non-hydrogen) atoms. The van der Waals surface area contributed by atoms with Crippen LogP contribution in [0, 0.1) is 17.7 Å². The second kappa shape index (κ2) is 10.7. The van der Waals surface area contributed by atoms with Crippen molar-refractivity contribution in [2.24, 2.45) is 11.8 Å². The molecule has 7 heteroatoms. The first-order valence-corrected chi connectivity index (χ1v) is 11.1. The molecular formula is C24H29ClFN3O2. The van der Waals surface area contributed by atoms with Gasteiger partial charge in [-0.25, -0.2) is 4.39 Å². The van der Waals surface area contributed by atoms with Gasteiger partial charge in [0.05, 0.1) is 17.2 Å². The highest BCUT2D eigenvalue weighted by Gasteiger charge is 2.27. The van der Waals surface area contributed by atoms with E-state index in [0.29, 0.717) is 47.4 Å². The number of nitrogens with one attached hydrogen (secondary N) is 2. The lowest BCUT2D eigenvalue weighted by molar-refractivity contribution is -0.121. The summed E-state index contributed by atoms with van der Waals surface area (Å²) in [7, 11) is 0. The second-order valence-corrected chi connectivity index (χ2v) is 8.82. The number of para-hydroxylation sites is 1. The zero-order chi connectivity index (χ0) is 22.4. The molecule has 5 nitrogen and oxygen atoms in total. The average molecular weight is 446 g/mol. The molecule has 166 valence electrons. The second-order valence-electron chi connectivity index (χ2n) is 8.41. The van der Waals surface area contributed by atoms with Crippen molar-refractivity contribution in [3.8, 4) is 0 Å². The van der Waals surface area contributed by atoms with Crippen molar-refractivity contribution in [3.05, 3.63) is 64.4 Å². The highest BCUT2D eigenvalue weighted by molar-refractivity contribution is 6.31. The van der Waals surface area contributed by atoms with Gasteiger partial charge >= 0.3 is 0 Å². The molecule has 1 saturated heterocycles. The van der Waals surface area contributed by atoms with Crippen LogP contribution in [0.5, 0.6) is 0 Å². The number of rotatable bonds is 7. The fraction of sp³-hybridized carbons (Fsp3) is 0.417. The molecule has 0 bridgehead atoms. The zero-order valence-corrected chi connectivity index (χ0v) is 18.7. The maximum atomic E-state index is 14.2. The topological polar surface area (TPSA) is 61.4 Å². The zero-order valence-electron chi connectivity index (χ0n) is 18.0. The van der Waals surface area contributed by atoms with Crippen molar-refractivity contribution < 1.29 is 14.0 Å². The molecule has 2 aromatic carbocycles. The van der Waals surface area contributed by atoms with Gasteiger partial charge in [0.15, 0.2) is 0 Å². The van der Waals surface area contributed by atoms with Crippen LogP contribution in [0.4, 0.5) is 10.1 Å². The average Bonchev–Trinajstić information content (AvgIpc) is 2.75. The van der Waals surface area contributed by atoms with E-state index in [0.717, 1.165) is 19.4 Å². The molecule has 1 unspecified atom stereocenters. The number of nitrogens with zero attached hydrogens (tertiary/aromatic N) is 1. The smallest absolute Gasteiger partial charge is 0.253 e. The number of carbonyl (C=O) groups is 2. The van der Waals surface area contributed by atoms with Crippen LogP contribution < -0.4 is 10.6 Å². The minimum Gasteiger partial charge on any atom is -0.352 e. The van der Waals surface area contributed by atoms with Gasteiger partial charge in [0.2, 0.25) is 5.91 Å². The van der Waals surface area contributed by atoms with Crippen LogP contribution >= 0.6 is 11.6 Å². The van der Waals surface area contributed by atoms with Crippen molar-refractivity contribution >= 4 is 29.1 Å². The maximum Gasteiger partial charge on any atom is 0.253 e. The Kier molecular flexibility index (Phi) is 8.04. The van der Waals surface area contributed by atoms with Gasteiger partial charge in [-0.05, 0) is 49.6 Å². The SMILES string of the molecule is CC(C)CNC(=O)c1ccccc1NC(=O)C1CCCN(Cc2c(F)cccc2Cl)C1. The van der Waals surface area contributed by atoms with E-state index >= 15 is 0 Å². The summed E-state index contributed by atoms with van der Waals surface area (Å²) in [5, 5.41) is 6.22. The summed E-state index contributed by atoms with van der Waals surface area (Å²) in [4.78, 5) is 27.6. The highest BCUT2D eigenvalue weighted by atomic mass is 35.5. The number of hydrogen-bond acceptors (Lipinski definition) is 3. The van der Waals surface area contributed by atoms with Crippen molar-refractivity contribution in [1.29, 1.82) is 0 Å². The predicted molar refractivity (Wildman–Crippen MR) is 122 cm³/mol. The van der Waals surface area contributed by atoms with Gasteiger partial charge < -0.3 is 10.6 Å². The van der Waals surface area contributed by atoms with E-state index in [9.17, 15) is 14.0 Å². The van der Waals surface area contributed by atoms with E-state index < -0.39 is 0 Å². The Bertz CT molecular complexity index is 915. The third kappa shape index (κ3) is 6.28. The van der Waals surface area contributed by atoms with Gasteiger partial charge in [0, 0.05) is 30.2 Å². The van der Waals surface area contributed by atoms with Gasteiger partial charge in [-0.2, -0.15) is 0 Å². The van der Waals surface area contributed by atoms with Crippen molar-refractivity contribution in [3.63, 3.8) is 0 Å². The molecule has 1 fully saturated rings. The first kappa shape index (κ1) is 23.2. The maximum absolute atomic E-state index is 14.2. The van der Waals surface area contributed by atoms with E-state index in [4.69, 9.17) is 11.6 Å². The summed E-state index contributed by atoms with van der Waals surface area (Å²) < 4.78 is 14.2. The van der Waals surface area contributed by atoms with Crippen molar-refractivity contribution in [2.75, 3.05) is 25.0 Å². The van der Waals surface area contributed by atoms with Crippen LogP contribution in [-0.2, 0) is 11.3 Å². The van der Waals surface area contributed by atoms with Crippen molar-refractivity contribution in [2.45, 2.75) is 33.2 Å². The van der Waals surface area contributed by atoms with Gasteiger partial charge in [0.1, 0.15) is 5.82 Å². The lowest BCUT2D eigenvalue weighted by Crippen LogP contribution is -2.40. The molecule has 0 aliphatic carbocycles. The Labute approximate surface area is 188 Å². The number of halogens is 2. The molecule has 0 radical (unpaired) electrons. The van der Waals surface area contributed by atoms with Crippen LogP contribution in [0.15, 0.2) is 42.5 Å². The van der Waals surface area contributed by atoms with E-state index in [-0.39, 0.29) is 23.5 Å². The third-order valence-corrected chi connectivity index (χ3v) is 5.77. The Morgan fingerprint density at radius 2 is 1.97 bits per heavy atom. The molecule has 2 aromatic rings. The monoisotopic (exact) mass is 445 g/mol. The minimum atomic E-state index is -0.333. The summed E-state index contributed by atoms with van der Waals surface area (Å²) in [6.45, 7) is 6.27.